The Morgan fingerprint density at radius 1 is 1.29 bits per heavy atom. The fraction of sp³-hybridized carbons (Fsp3) is 0.550. The average molecular weight is 385 g/mol. The summed E-state index contributed by atoms with van der Waals surface area (Å²) in [6, 6.07) is 3.77. The molecule has 1 saturated heterocycles. The first kappa shape index (κ1) is 18.7. The fourth-order valence-electron chi connectivity index (χ4n) is 4.17. The predicted molar refractivity (Wildman–Crippen MR) is 103 cm³/mol. The van der Waals surface area contributed by atoms with Crippen LogP contribution < -0.4 is 5.32 Å². The van der Waals surface area contributed by atoms with Crippen LogP contribution in [0.4, 0.5) is 0 Å². The third-order valence-electron chi connectivity index (χ3n) is 5.60. The highest BCUT2D eigenvalue weighted by Gasteiger charge is 2.47. The number of nitrogens with zero attached hydrogens (tertiary/aromatic N) is 4. The molecule has 150 valence electrons. The van der Waals surface area contributed by atoms with E-state index < -0.39 is 11.7 Å². The van der Waals surface area contributed by atoms with E-state index in [1.54, 1.807) is 6.20 Å². The Balaban J connectivity index is 1.52. The van der Waals surface area contributed by atoms with Crippen molar-refractivity contribution in [3.63, 3.8) is 0 Å². The molecule has 0 unspecified atom stereocenters. The van der Waals surface area contributed by atoms with Crippen LogP contribution in [-0.4, -0.2) is 56.1 Å². The lowest BCUT2D eigenvalue weighted by atomic mass is 9.88. The lowest BCUT2D eigenvalue weighted by Gasteiger charge is -2.45. The number of hydrogen-bond donors (Lipinski definition) is 1. The number of aryl methyl sites for hydroxylation is 1. The van der Waals surface area contributed by atoms with Gasteiger partial charge in [0.2, 0.25) is 0 Å². The van der Waals surface area contributed by atoms with E-state index in [1.807, 2.05) is 59.5 Å². The summed E-state index contributed by atoms with van der Waals surface area (Å²) < 4.78 is 10.2. The van der Waals surface area contributed by atoms with E-state index in [0.717, 1.165) is 5.82 Å². The van der Waals surface area contributed by atoms with Crippen molar-refractivity contribution in [3.8, 4) is 0 Å². The smallest absolute Gasteiger partial charge is 0.270 e. The Bertz CT molecular complexity index is 876. The van der Waals surface area contributed by atoms with Gasteiger partial charge in [-0.3, -0.25) is 9.59 Å². The lowest BCUT2D eigenvalue weighted by molar-refractivity contribution is -0.172. The Kier molecular flexibility index (Phi) is 4.74. The molecule has 0 aromatic carbocycles. The van der Waals surface area contributed by atoms with Gasteiger partial charge in [-0.25, -0.2) is 4.98 Å². The van der Waals surface area contributed by atoms with Crippen molar-refractivity contribution < 1.29 is 14.3 Å². The first-order valence-electron chi connectivity index (χ1n) is 9.80. The van der Waals surface area contributed by atoms with Gasteiger partial charge >= 0.3 is 0 Å². The molecule has 0 saturated carbocycles. The number of likely N-dealkylation sites (tertiary alicyclic amines) is 1. The third kappa shape index (κ3) is 3.22. The summed E-state index contributed by atoms with van der Waals surface area (Å²) in [7, 11) is 1.87. The summed E-state index contributed by atoms with van der Waals surface area (Å²) >= 11 is 0. The second kappa shape index (κ2) is 7.09. The van der Waals surface area contributed by atoms with Crippen LogP contribution >= 0.6 is 0 Å². The Labute approximate surface area is 164 Å². The highest BCUT2D eigenvalue weighted by atomic mass is 16.5. The number of carbonyl (C=O) groups excluding carboxylic acids is 2. The van der Waals surface area contributed by atoms with E-state index in [4.69, 9.17) is 4.74 Å². The summed E-state index contributed by atoms with van der Waals surface area (Å²) in [5, 5.41) is 2.94. The summed E-state index contributed by atoms with van der Waals surface area (Å²) in [5.41, 5.74) is 0.0438. The van der Waals surface area contributed by atoms with Gasteiger partial charge in [0, 0.05) is 57.6 Å². The topological polar surface area (TPSA) is 81.4 Å². The maximum Gasteiger partial charge on any atom is 0.270 e. The first-order chi connectivity index (χ1) is 13.4. The van der Waals surface area contributed by atoms with E-state index in [2.05, 4.69) is 10.3 Å². The SMILES string of the molecule is CC(C)NC(=O)[C@H]1Cn2ccnc2C2(CCN(C(=O)c3cccn3C)CC2)O1. The van der Waals surface area contributed by atoms with Crippen LogP contribution in [0.25, 0.3) is 0 Å². The monoisotopic (exact) mass is 385 g/mol. The highest BCUT2D eigenvalue weighted by Crippen LogP contribution is 2.40. The number of imidazole rings is 1. The molecule has 2 amide bonds. The van der Waals surface area contributed by atoms with Gasteiger partial charge in [0.1, 0.15) is 17.1 Å². The van der Waals surface area contributed by atoms with Crippen molar-refractivity contribution in [3.05, 3.63) is 42.2 Å². The molecule has 1 atom stereocenters. The molecule has 0 bridgehead atoms. The minimum absolute atomic E-state index is 0.0237. The van der Waals surface area contributed by atoms with Gasteiger partial charge in [0.05, 0.1) is 6.54 Å². The number of rotatable bonds is 3. The largest absolute Gasteiger partial charge is 0.352 e. The van der Waals surface area contributed by atoms with Crippen molar-refractivity contribution in [1.29, 1.82) is 0 Å². The van der Waals surface area contributed by atoms with Crippen molar-refractivity contribution in [2.24, 2.45) is 7.05 Å². The lowest BCUT2D eigenvalue weighted by Crippen LogP contribution is -2.55. The third-order valence-corrected chi connectivity index (χ3v) is 5.60. The number of aromatic nitrogens is 3. The molecule has 8 nitrogen and oxygen atoms in total. The van der Waals surface area contributed by atoms with E-state index >= 15 is 0 Å². The molecule has 2 aromatic rings. The van der Waals surface area contributed by atoms with Crippen LogP contribution in [0.1, 0.15) is 43.0 Å². The summed E-state index contributed by atoms with van der Waals surface area (Å²) in [6.07, 6.45) is 6.20. The van der Waals surface area contributed by atoms with Gasteiger partial charge in [-0.1, -0.05) is 0 Å². The fourth-order valence-corrected chi connectivity index (χ4v) is 4.17. The summed E-state index contributed by atoms with van der Waals surface area (Å²) in [6.45, 7) is 5.46. The van der Waals surface area contributed by atoms with Crippen LogP contribution in [0, 0.1) is 0 Å². The minimum Gasteiger partial charge on any atom is -0.352 e. The molecule has 4 heterocycles. The molecule has 4 rings (SSSR count). The van der Waals surface area contributed by atoms with Crippen molar-refractivity contribution in [1.82, 2.24) is 24.3 Å². The maximum atomic E-state index is 12.8. The van der Waals surface area contributed by atoms with Crippen LogP contribution in [0.3, 0.4) is 0 Å². The minimum atomic E-state index is -0.633. The number of nitrogens with one attached hydrogen (secondary N) is 1. The van der Waals surface area contributed by atoms with E-state index in [1.165, 1.54) is 0 Å². The van der Waals surface area contributed by atoms with Gasteiger partial charge in [-0.05, 0) is 26.0 Å². The van der Waals surface area contributed by atoms with Crippen molar-refractivity contribution >= 4 is 11.8 Å². The van der Waals surface area contributed by atoms with Crippen molar-refractivity contribution in [2.45, 2.75) is 51.0 Å². The number of piperidine rings is 1. The Morgan fingerprint density at radius 2 is 2.04 bits per heavy atom. The molecule has 2 aliphatic heterocycles. The van der Waals surface area contributed by atoms with Crippen molar-refractivity contribution in [2.75, 3.05) is 13.1 Å². The van der Waals surface area contributed by atoms with Gasteiger partial charge in [0.15, 0.2) is 6.10 Å². The van der Waals surface area contributed by atoms with Gasteiger partial charge in [-0.2, -0.15) is 0 Å². The number of hydrogen-bond acceptors (Lipinski definition) is 4. The number of carbonyl (C=O) groups is 2. The molecule has 2 aromatic heterocycles. The van der Waals surface area contributed by atoms with Crippen LogP contribution in [0.15, 0.2) is 30.7 Å². The molecule has 0 aliphatic carbocycles. The normalized spacial score (nSPS) is 21.0. The molecule has 28 heavy (non-hydrogen) atoms. The molecule has 0 radical (unpaired) electrons. The zero-order valence-corrected chi connectivity index (χ0v) is 16.6. The molecular formula is C20H27N5O3. The number of ether oxygens (including phenoxy) is 1. The van der Waals surface area contributed by atoms with Gasteiger partial charge in [0.25, 0.3) is 11.8 Å². The highest BCUT2D eigenvalue weighted by molar-refractivity contribution is 5.92. The van der Waals surface area contributed by atoms with E-state index in [0.29, 0.717) is 38.2 Å². The summed E-state index contributed by atoms with van der Waals surface area (Å²) in [5.74, 6) is 0.777. The zero-order valence-electron chi connectivity index (χ0n) is 16.6. The Hall–Kier alpha value is -2.61. The molecular weight excluding hydrogens is 358 g/mol. The van der Waals surface area contributed by atoms with E-state index in [9.17, 15) is 9.59 Å². The molecule has 2 aliphatic rings. The molecule has 8 heteroatoms. The quantitative estimate of drug-likeness (QED) is 0.863. The van der Waals surface area contributed by atoms with Crippen LogP contribution in [-0.2, 0) is 28.7 Å². The number of fused-ring (bicyclic) bond motifs is 2. The van der Waals surface area contributed by atoms with Gasteiger partial charge in [-0.15, -0.1) is 0 Å². The van der Waals surface area contributed by atoms with Crippen LogP contribution in [0.5, 0.6) is 0 Å². The standard InChI is InChI=1S/C20H27N5O3/c1-14(2)22-17(26)16-13-25-12-8-21-19(25)20(28-16)6-10-24(11-7-20)18(27)15-5-4-9-23(15)3/h4-5,8-9,12,14,16H,6-7,10-11,13H2,1-3H3,(H,22,26)/t16-/m1/s1. The second-order valence-electron chi connectivity index (χ2n) is 7.96. The first-order valence-corrected chi connectivity index (χ1v) is 9.80. The second-order valence-corrected chi connectivity index (χ2v) is 7.96. The molecule has 1 spiro atoms. The Morgan fingerprint density at radius 3 is 2.68 bits per heavy atom. The van der Waals surface area contributed by atoms with E-state index in [-0.39, 0.29) is 17.9 Å². The zero-order chi connectivity index (χ0) is 19.9. The van der Waals surface area contributed by atoms with Crippen LogP contribution in [0.2, 0.25) is 0 Å². The molecule has 1 N–H and O–H groups in total. The maximum absolute atomic E-state index is 12.8. The average Bonchev–Trinajstić information content (AvgIpc) is 3.30. The van der Waals surface area contributed by atoms with Gasteiger partial charge < -0.3 is 24.1 Å². The predicted octanol–water partition coefficient (Wildman–Crippen LogP) is 1.28. The number of amides is 2. The molecule has 1 fully saturated rings. The summed E-state index contributed by atoms with van der Waals surface area (Å²) in [4.78, 5) is 31.8.